The second kappa shape index (κ2) is 7.19. The van der Waals surface area contributed by atoms with Crippen LogP contribution in [0.1, 0.15) is 16.8 Å². The van der Waals surface area contributed by atoms with Crippen LogP contribution >= 0.6 is 0 Å². The maximum Gasteiger partial charge on any atom is 0.307 e. The highest BCUT2D eigenvalue weighted by Crippen LogP contribution is 2.09. The number of carbonyl (C=O) groups is 2. The maximum atomic E-state index is 11.9. The van der Waals surface area contributed by atoms with Crippen molar-refractivity contribution in [2.75, 3.05) is 0 Å². The molecule has 0 fully saturated rings. The Balaban J connectivity index is 1.93. The first-order valence-corrected chi connectivity index (χ1v) is 6.60. The average molecular weight is 284 g/mol. The summed E-state index contributed by atoms with van der Waals surface area (Å²) in [5.74, 6) is -1.03. The van der Waals surface area contributed by atoms with E-state index in [2.05, 4.69) is 10.3 Å². The molecule has 0 radical (unpaired) electrons. The van der Waals surface area contributed by atoms with Gasteiger partial charge in [0, 0.05) is 18.4 Å². The molecule has 0 saturated heterocycles. The molecule has 1 aromatic carbocycles. The molecule has 0 unspecified atom stereocenters. The Morgan fingerprint density at radius 3 is 2.38 bits per heavy atom. The smallest absolute Gasteiger partial charge is 0.307 e. The van der Waals surface area contributed by atoms with E-state index in [1.165, 1.54) is 0 Å². The molecular formula is C16H16N2O3. The third kappa shape index (κ3) is 4.72. The van der Waals surface area contributed by atoms with E-state index in [4.69, 9.17) is 5.11 Å². The molecule has 0 spiro atoms. The minimum Gasteiger partial charge on any atom is -0.481 e. The monoisotopic (exact) mass is 284 g/mol. The average Bonchev–Trinajstić information content (AvgIpc) is 2.47. The molecule has 0 aliphatic heterocycles. The highest BCUT2D eigenvalue weighted by atomic mass is 16.4. The van der Waals surface area contributed by atoms with Crippen molar-refractivity contribution in [1.82, 2.24) is 10.3 Å². The van der Waals surface area contributed by atoms with Gasteiger partial charge < -0.3 is 10.4 Å². The molecule has 2 aromatic rings. The molecule has 0 atom stereocenters. The van der Waals surface area contributed by atoms with Crippen molar-refractivity contribution < 1.29 is 14.7 Å². The number of aromatic nitrogens is 1. The van der Waals surface area contributed by atoms with E-state index in [1.54, 1.807) is 30.5 Å². The van der Waals surface area contributed by atoms with Crippen LogP contribution in [0.5, 0.6) is 0 Å². The summed E-state index contributed by atoms with van der Waals surface area (Å²) in [6.45, 7) is 0.315. The van der Waals surface area contributed by atoms with Gasteiger partial charge in [0.15, 0.2) is 0 Å². The van der Waals surface area contributed by atoms with Crippen LogP contribution in [0.3, 0.4) is 0 Å². The SMILES string of the molecule is O=C(O)Cc1ccccc1CNC(=O)Cc1ccccn1. The Kier molecular flexibility index (Phi) is 5.04. The van der Waals surface area contributed by atoms with Crippen molar-refractivity contribution in [3.63, 3.8) is 0 Å². The predicted octanol–water partition coefficient (Wildman–Crippen LogP) is 1.57. The number of carboxylic acids is 1. The van der Waals surface area contributed by atoms with E-state index in [9.17, 15) is 9.59 Å². The van der Waals surface area contributed by atoms with Crippen LogP contribution in [-0.4, -0.2) is 22.0 Å². The molecule has 1 aromatic heterocycles. The van der Waals surface area contributed by atoms with E-state index < -0.39 is 5.97 Å². The molecule has 1 heterocycles. The van der Waals surface area contributed by atoms with Crippen molar-refractivity contribution in [1.29, 1.82) is 0 Å². The van der Waals surface area contributed by atoms with Crippen LogP contribution in [-0.2, 0) is 29.0 Å². The second-order valence-corrected chi connectivity index (χ2v) is 4.61. The van der Waals surface area contributed by atoms with Crippen LogP contribution in [0.2, 0.25) is 0 Å². The normalized spacial score (nSPS) is 10.1. The van der Waals surface area contributed by atoms with E-state index in [1.807, 2.05) is 18.2 Å². The zero-order chi connectivity index (χ0) is 15.1. The van der Waals surface area contributed by atoms with Gasteiger partial charge in [0.25, 0.3) is 0 Å². The van der Waals surface area contributed by atoms with Gasteiger partial charge in [-0.15, -0.1) is 0 Å². The van der Waals surface area contributed by atoms with E-state index >= 15 is 0 Å². The molecule has 0 aliphatic carbocycles. The van der Waals surface area contributed by atoms with Gasteiger partial charge in [-0.25, -0.2) is 0 Å². The topological polar surface area (TPSA) is 79.3 Å². The van der Waals surface area contributed by atoms with Gasteiger partial charge in [0.05, 0.1) is 12.8 Å². The Morgan fingerprint density at radius 1 is 1.00 bits per heavy atom. The maximum absolute atomic E-state index is 11.9. The summed E-state index contributed by atoms with van der Waals surface area (Å²) in [7, 11) is 0. The van der Waals surface area contributed by atoms with Crippen molar-refractivity contribution >= 4 is 11.9 Å². The number of hydrogen-bond acceptors (Lipinski definition) is 3. The molecule has 1 amide bonds. The minimum absolute atomic E-state index is 0.0493. The zero-order valence-electron chi connectivity index (χ0n) is 11.5. The Labute approximate surface area is 122 Å². The van der Waals surface area contributed by atoms with Gasteiger partial charge in [0.1, 0.15) is 0 Å². The molecule has 108 valence electrons. The summed E-state index contributed by atoms with van der Waals surface area (Å²) in [5.41, 5.74) is 2.23. The number of benzene rings is 1. The van der Waals surface area contributed by atoms with Gasteiger partial charge in [0.2, 0.25) is 5.91 Å². The van der Waals surface area contributed by atoms with Crippen LogP contribution in [0.4, 0.5) is 0 Å². The number of nitrogens with one attached hydrogen (secondary N) is 1. The molecule has 5 nitrogen and oxygen atoms in total. The molecule has 2 N–H and O–H groups in total. The fraction of sp³-hybridized carbons (Fsp3) is 0.188. The fourth-order valence-corrected chi connectivity index (χ4v) is 1.99. The standard InChI is InChI=1S/C16H16N2O3/c19-15(10-14-7-3-4-8-17-14)18-11-13-6-2-1-5-12(13)9-16(20)21/h1-8H,9-11H2,(H,18,19)(H,20,21). The first-order valence-electron chi connectivity index (χ1n) is 6.60. The Hall–Kier alpha value is -2.69. The van der Waals surface area contributed by atoms with Crippen LogP contribution < -0.4 is 5.32 Å². The number of carbonyl (C=O) groups excluding carboxylic acids is 1. The van der Waals surface area contributed by atoms with E-state index in [0.717, 1.165) is 5.56 Å². The Morgan fingerprint density at radius 2 is 1.71 bits per heavy atom. The molecule has 0 saturated carbocycles. The number of aliphatic carboxylic acids is 1. The highest BCUT2D eigenvalue weighted by Gasteiger charge is 2.08. The van der Waals surface area contributed by atoms with Crippen LogP contribution in [0.15, 0.2) is 48.7 Å². The molecule has 5 heteroatoms. The lowest BCUT2D eigenvalue weighted by Crippen LogP contribution is -2.25. The van der Waals surface area contributed by atoms with Crippen molar-refractivity contribution in [2.45, 2.75) is 19.4 Å². The highest BCUT2D eigenvalue weighted by molar-refractivity contribution is 5.78. The molecule has 0 aliphatic rings. The number of pyridine rings is 1. The number of hydrogen-bond donors (Lipinski definition) is 2. The third-order valence-corrected chi connectivity index (χ3v) is 3.00. The zero-order valence-corrected chi connectivity index (χ0v) is 11.5. The van der Waals surface area contributed by atoms with Crippen LogP contribution in [0, 0.1) is 0 Å². The second-order valence-electron chi connectivity index (χ2n) is 4.61. The van der Waals surface area contributed by atoms with Gasteiger partial charge >= 0.3 is 5.97 Å². The third-order valence-electron chi connectivity index (χ3n) is 3.00. The lowest BCUT2D eigenvalue weighted by molar-refractivity contribution is -0.136. The number of carboxylic acid groups (broad SMARTS) is 1. The lowest BCUT2D eigenvalue weighted by Gasteiger charge is -2.09. The molecule has 0 bridgehead atoms. The minimum atomic E-state index is -0.887. The number of amides is 1. The summed E-state index contributed by atoms with van der Waals surface area (Å²) < 4.78 is 0. The quantitative estimate of drug-likeness (QED) is 0.844. The van der Waals surface area contributed by atoms with E-state index in [-0.39, 0.29) is 18.7 Å². The molecule has 2 rings (SSSR count). The van der Waals surface area contributed by atoms with Gasteiger partial charge in [-0.05, 0) is 23.3 Å². The van der Waals surface area contributed by atoms with E-state index in [0.29, 0.717) is 17.8 Å². The van der Waals surface area contributed by atoms with Crippen molar-refractivity contribution in [3.8, 4) is 0 Å². The summed E-state index contributed by atoms with van der Waals surface area (Å²) in [6.07, 6.45) is 1.80. The number of rotatable bonds is 6. The fourth-order valence-electron chi connectivity index (χ4n) is 1.99. The predicted molar refractivity (Wildman–Crippen MR) is 77.6 cm³/mol. The molecule has 21 heavy (non-hydrogen) atoms. The summed E-state index contributed by atoms with van der Waals surface area (Å²) >= 11 is 0. The van der Waals surface area contributed by atoms with Gasteiger partial charge in [-0.2, -0.15) is 0 Å². The first kappa shape index (κ1) is 14.7. The van der Waals surface area contributed by atoms with Gasteiger partial charge in [-0.1, -0.05) is 30.3 Å². The summed E-state index contributed by atoms with van der Waals surface area (Å²) in [6, 6.07) is 12.6. The first-order chi connectivity index (χ1) is 10.1. The lowest BCUT2D eigenvalue weighted by atomic mass is 10.0. The van der Waals surface area contributed by atoms with Crippen molar-refractivity contribution in [2.24, 2.45) is 0 Å². The Bertz CT molecular complexity index is 626. The molecular weight excluding hydrogens is 268 g/mol. The summed E-state index contributed by atoms with van der Waals surface area (Å²) in [4.78, 5) is 26.7. The summed E-state index contributed by atoms with van der Waals surface area (Å²) in [5, 5.41) is 11.7. The number of nitrogens with zero attached hydrogens (tertiary/aromatic N) is 1. The van der Waals surface area contributed by atoms with Gasteiger partial charge in [-0.3, -0.25) is 14.6 Å². The van der Waals surface area contributed by atoms with Crippen LogP contribution in [0.25, 0.3) is 0 Å². The largest absolute Gasteiger partial charge is 0.481 e. The van der Waals surface area contributed by atoms with Crippen molar-refractivity contribution in [3.05, 3.63) is 65.5 Å².